The van der Waals surface area contributed by atoms with Crippen LogP contribution >= 0.6 is 0 Å². The van der Waals surface area contributed by atoms with Gasteiger partial charge in [-0.2, -0.15) is 0 Å². The monoisotopic (exact) mass is 326 g/mol. The summed E-state index contributed by atoms with van der Waals surface area (Å²) in [5, 5.41) is 10.3. The Morgan fingerprint density at radius 2 is 1.88 bits per heavy atom. The predicted octanol–water partition coefficient (Wildman–Crippen LogP) is 3.96. The lowest BCUT2D eigenvalue weighted by Crippen LogP contribution is -2.05. The summed E-state index contributed by atoms with van der Waals surface area (Å²) in [4.78, 5) is 12.7. The minimum Gasteiger partial charge on any atom is -0.507 e. The Bertz CT molecular complexity index is 909. The Kier molecular flexibility index (Phi) is 4.42. The van der Waals surface area contributed by atoms with Gasteiger partial charge < -0.3 is 19.0 Å². The molecule has 0 saturated heterocycles. The van der Waals surface area contributed by atoms with Crippen molar-refractivity contribution in [1.29, 1.82) is 0 Å². The van der Waals surface area contributed by atoms with Crippen LogP contribution in [0.4, 0.5) is 0 Å². The summed E-state index contributed by atoms with van der Waals surface area (Å²) in [6.45, 7) is 2.68. The Morgan fingerprint density at radius 3 is 2.54 bits per heavy atom. The Hall–Kier alpha value is -2.95. The first-order valence-electron chi connectivity index (χ1n) is 7.69. The molecule has 0 atom stereocenters. The van der Waals surface area contributed by atoms with E-state index in [0.717, 1.165) is 12.2 Å². The lowest BCUT2D eigenvalue weighted by Gasteiger charge is -2.08. The highest BCUT2D eigenvalue weighted by Gasteiger charge is 2.14. The highest BCUT2D eigenvalue weighted by atomic mass is 16.5. The number of hydrogen-bond acceptors (Lipinski definition) is 5. The van der Waals surface area contributed by atoms with Gasteiger partial charge in [-0.3, -0.25) is 4.79 Å². The Balaban J connectivity index is 2.06. The van der Waals surface area contributed by atoms with Crippen LogP contribution in [0, 0.1) is 0 Å². The first-order chi connectivity index (χ1) is 11.6. The van der Waals surface area contributed by atoms with Gasteiger partial charge in [0.25, 0.3) is 0 Å². The largest absolute Gasteiger partial charge is 0.507 e. The third-order valence-corrected chi connectivity index (χ3v) is 3.70. The second-order valence-corrected chi connectivity index (χ2v) is 5.37. The van der Waals surface area contributed by atoms with Crippen molar-refractivity contribution in [2.24, 2.45) is 0 Å². The molecule has 5 nitrogen and oxygen atoms in total. The molecule has 0 aliphatic carbocycles. The lowest BCUT2D eigenvalue weighted by molar-refractivity contribution is 0.317. The molecule has 5 heteroatoms. The van der Waals surface area contributed by atoms with Crippen LogP contribution in [-0.4, -0.2) is 18.8 Å². The summed E-state index contributed by atoms with van der Waals surface area (Å²) in [6.07, 6.45) is 2.32. The van der Waals surface area contributed by atoms with Gasteiger partial charge in [0.05, 0.1) is 19.3 Å². The topological polar surface area (TPSA) is 68.9 Å². The SMILES string of the molecule is CCCOc1ccc(-c2coc3cc(OC)cc(O)c3c2=O)cc1. The maximum absolute atomic E-state index is 12.7. The smallest absolute Gasteiger partial charge is 0.204 e. The summed E-state index contributed by atoms with van der Waals surface area (Å²) in [5.74, 6) is 1.01. The van der Waals surface area contributed by atoms with Gasteiger partial charge >= 0.3 is 0 Å². The molecule has 1 aromatic heterocycles. The van der Waals surface area contributed by atoms with Crippen LogP contribution < -0.4 is 14.9 Å². The molecule has 124 valence electrons. The minimum atomic E-state index is -0.293. The van der Waals surface area contributed by atoms with Gasteiger partial charge in [0, 0.05) is 12.1 Å². The molecule has 3 rings (SSSR count). The highest BCUT2D eigenvalue weighted by molar-refractivity contribution is 5.88. The molecule has 2 aromatic carbocycles. The van der Waals surface area contributed by atoms with Gasteiger partial charge in [-0.05, 0) is 24.1 Å². The van der Waals surface area contributed by atoms with Crippen LogP contribution in [0.5, 0.6) is 17.2 Å². The lowest BCUT2D eigenvalue weighted by atomic mass is 10.0. The van der Waals surface area contributed by atoms with Gasteiger partial charge in [-0.25, -0.2) is 0 Å². The summed E-state index contributed by atoms with van der Waals surface area (Å²) in [7, 11) is 1.48. The molecular formula is C19H18O5. The second-order valence-electron chi connectivity index (χ2n) is 5.37. The van der Waals surface area contributed by atoms with Crippen molar-refractivity contribution in [3.8, 4) is 28.4 Å². The number of ether oxygens (including phenoxy) is 2. The number of methoxy groups -OCH3 is 1. The van der Waals surface area contributed by atoms with Crippen LogP contribution in [0.3, 0.4) is 0 Å². The summed E-state index contributed by atoms with van der Waals surface area (Å²) < 4.78 is 16.1. The van der Waals surface area contributed by atoms with E-state index in [1.807, 2.05) is 19.1 Å². The van der Waals surface area contributed by atoms with E-state index in [2.05, 4.69) is 0 Å². The van der Waals surface area contributed by atoms with E-state index in [9.17, 15) is 9.90 Å². The van der Waals surface area contributed by atoms with Crippen molar-refractivity contribution in [2.75, 3.05) is 13.7 Å². The van der Waals surface area contributed by atoms with E-state index in [1.54, 1.807) is 18.2 Å². The molecule has 0 saturated carbocycles. The molecule has 0 unspecified atom stereocenters. The van der Waals surface area contributed by atoms with Gasteiger partial charge in [0.15, 0.2) is 0 Å². The van der Waals surface area contributed by atoms with Crippen molar-refractivity contribution in [3.63, 3.8) is 0 Å². The predicted molar refractivity (Wildman–Crippen MR) is 91.9 cm³/mol. The van der Waals surface area contributed by atoms with Crippen LogP contribution in [0.2, 0.25) is 0 Å². The van der Waals surface area contributed by atoms with Gasteiger partial charge in [0.1, 0.15) is 34.5 Å². The molecular weight excluding hydrogens is 308 g/mol. The molecule has 0 spiro atoms. The minimum absolute atomic E-state index is 0.139. The molecule has 0 fully saturated rings. The van der Waals surface area contributed by atoms with Crippen molar-refractivity contribution in [1.82, 2.24) is 0 Å². The zero-order valence-electron chi connectivity index (χ0n) is 13.5. The summed E-state index contributed by atoms with van der Waals surface area (Å²) in [6, 6.07) is 10.2. The van der Waals surface area contributed by atoms with Gasteiger partial charge in [0.2, 0.25) is 5.43 Å². The van der Waals surface area contributed by atoms with Crippen molar-refractivity contribution in [2.45, 2.75) is 13.3 Å². The number of phenolic OH excluding ortho intramolecular Hbond substituents is 1. The molecule has 1 heterocycles. The molecule has 3 aromatic rings. The first kappa shape index (κ1) is 15.9. The zero-order valence-corrected chi connectivity index (χ0v) is 13.5. The van der Waals surface area contributed by atoms with Gasteiger partial charge in [-0.15, -0.1) is 0 Å². The number of hydrogen-bond donors (Lipinski definition) is 1. The number of aromatic hydroxyl groups is 1. The van der Waals surface area contributed by atoms with E-state index >= 15 is 0 Å². The Labute approximate surface area is 139 Å². The van der Waals surface area contributed by atoms with Gasteiger partial charge in [-0.1, -0.05) is 19.1 Å². The molecule has 0 radical (unpaired) electrons. The van der Waals surface area contributed by atoms with Crippen LogP contribution in [0.15, 0.2) is 51.9 Å². The molecule has 1 N–H and O–H groups in total. The van der Waals surface area contributed by atoms with Crippen molar-refractivity contribution in [3.05, 3.63) is 52.9 Å². The summed E-state index contributed by atoms with van der Waals surface area (Å²) >= 11 is 0. The van der Waals surface area contributed by atoms with Crippen molar-refractivity contribution >= 4 is 11.0 Å². The number of phenols is 1. The fourth-order valence-electron chi connectivity index (χ4n) is 2.48. The van der Waals surface area contributed by atoms with Crippen molar-refractivity contribution < 1.29 is 19.0 Å². The third-order valence-electron chi connectivity index (χ3n) is 3.70. The van der Waals surface area contributed by atoms with Crippen LogP contribution in [-0.2, 0) is 0 Å². The van der Waals surface area contributed by atoms with E-state index in [1.165, 1.54) is 19.4 Å². The highest BCUT2D eigenvalue weighted by Crippen LogP contribution is 2.30. The third kappa shape index (κ3) is 2.93. The number of rotatable bonds is 5. The quantitative estimate of drug-likeness (QED) is 0.768. The zero-order chi connectivity index (χ0) is 17.1. The maximum atomic E-state index is 12.7. The fraction of sp³-hybridized carbons (Fsp3) is 0.211. The summed E-state index contributed by atoms with van der Waals surface area (Å²) in [5.41, 5.74) is 1.07. The first-order valence-corrected chi connectivity index (χ1v) is 7.69. The maximum Gasteiger partial charge on any atom is 0.204 e. The van der Waals surface area contributed by atoms with E-state index in [0.29, 0.717) is 23.5 Å². The Morgan fingerprint density at radius 1 is 1.12 bits per heavy atom. The van der Waals surface area contributed by atoms with Crippen LogP contribution in [0.25, 0.3) is 22.1 Å². The number of benzene rings is 2. The number of fused-ring (bicyclic) bond motifs is 1. The van der Waals surface area contributed by atoms with E-state index in [4.69, 9.17) is 13.9 Å². The standard InChI is InChI=1S/C19H18O5/c1-3-8-23-13-6-4-12(5-7-13)15-11-24-17-10-14(22-2)9-16(20)18(17)19(15)21/h4-7,9-11,20H,3,8H2,1-2H3. The molecule has 24 heavy (non-hydrogen) atoms. The average molecular weight is 326 g/mol. The normalized spacial score (nSPS) is 10.8. The molecule has 0 bridgehead atoms. The fourth-order valence-corrected chi connectivity index (χ4v) is 2.48. The second kappa shape index (κ2) is 6.66. The van der Waals surface area contributed by atoms with E-state index < -0.39 is 0 Å². The average Bonchev–Trinajstić information content (AvgIpc) is 2.60. The molecule has 0 aliphatic rings. The molecule has 0 amide bonds. The van der Waals surface area contributed by atoms with E-state index in [-0.39, 0.29) is 22.1 Å². The molecule has 0 aliphatic heterocycles. The van der Waals surface area contributed by atoms with Crippen LogP contribution in [0.1, 0.15) is 13.3 Å².